The second kappa shape index (κ2) is 17.7. The molecule has 4 aromatic carbocycles. The summed E-state index contributed by atoms with van der Waals surface area (Å²) in [5.41, 5.74) is -2.59. The summed E-state index contributed by atoms with van der Waals surface area (Å²) in [6.45, 7) is 8.58. The lowest BCUT2D eigenvalue weighted by atomic mass is 10.0. The number of benzene rings is 4. The van der Waals surface area contributed by atoms with Gasteiger partial charge < -0.3 is 18.7 Å². The molecule has 65 heavy (non-hydrogen) atoms. The number of thiophene rings is 1. The molecule has 20 heteroatoms. The van der Waals surface area contributed by atoms with Gasteiger partial charge in [0, 0.05) is 80.2 Å². The number of anilines is 2. The van der Waals surface area contributed by atoms with E-state index in [4.69, 9.17) is 4.74 Å². The molecule has 3 fully saturated rings. The molecule has 3 saturated heterocycles. The van der Waals surface area contributed by atoms with Gasteiger partial charge in [0.15, 0.2) is 5.75 Å². The fourth-order valence-electron chi connectivity index (χ4n) is 8.65. The predicted molar refractivity (Wildman–Crippen MR) is 234 cm³/mol. The Labute approximate surface area is 375 Å². The molecule has 14 nitrogen and oxygen atoms in total. The fraction of sp³-hybridized carbons (Fsp3) is 0.333. The van der Waals surface area contributed by atoms with E-state index in [1.54, 1.807) is 24.3 Å². The van der Waals surface area contributed by atoms with E-state index in [1.807, 2.05) is 30.3 Å². The van der Waals surface area contributed by atoms with E-state index < -0.39 is 56.9 Å². The van der Waals surface area contributed by atoms with Crippen molar-refractivity contribution in [2.45, 2.75) is 30.8 Å². The van der Waals surface area contributed by atoms with E-state index in [9.17, 15) is 45.2 Å². The maximum atomic E-state index is 13.8. The van der Waals surface area contributed by atoms with Crippen molar-refractivity contribution in [1.82, 2.24) is 20.0 Å². The fourth-order valence-corrected chi connectivity index (χ4v) is 10.3. The number of nitrogens with one attached hydrogen (secondary N) is 1. The van der Waals surface area contributed by atoms with Crippen LogP contribution in [-0.4, -0.2) is 124 Å². The minimum absolute atomic E-state index is 0.0692. The highest BCUT2D eigenvalue weighted by Crippen LogP contribution is 2.48. The molecule has 5 heterocycles. The van der Waals surface area contributed by atoms with Crippen molar-refractivity contribution in [2.24, 2.45) is 0 Å². The van der Waals surface area contributed by atoms with Gasteiger partial charge in [0.1, 0.15) is 23.4 Å². The predicted octanol–water partition coefficient (Wildman–Crippen LogP) is 6.46. The average Bonchev–Trinajstić information content (AvgIpc) is 3.76. The van der Waals surface area contributed by atoms with Crippen LogP contribution < -0.4 is 24.0 Å². The zero-order chi connectivity index (χ0) is 45.6. The first-order valence-electron chi connectivity index (χ1n) is 21.0. The number of carbonyl (C=O) groups excluding carboxylic acids is 4. The molecule has 0 bridgehead atoms. The lowest BCUT2D eigenvalue weighted by Gasteiger charge is -2.38. The largest absolute Gasteiger partial charge is 0.534 e. The maximum absolute atomic E-state index is 13.8. The van der Waals surface area contributed by atoms with E-state index in [0.29, 0.717) is 32.0 Å². The number of nitrogens with zero attached hydrogens (tertiary/aromatic N) is 5. The van der Waals surface area contributed by atoms with Crippen molar-refractivity contribution in [1.29, 1.82) is 0 Å². The number of halogens is 4. The highest BCUT2D eigenvalue weighted by atomic mass is 32.2. The number of piperazine rings is 2. The minimum Gasteiger partial charge on any atom is -0.455 e. The van der Waals surface area contributed by atoms with E-state index in [-0.39, 0.29) is 24.0 Å². The second-order valence-electron chi connectivity index (χ2n) is 16.2. The van der Waals surface area contributed by atoms with Gasteiger partial charge in [0.05, 0.1) is 16.0 Å². The van der Waals surface area contributed by atoms with Crippen LogP contribution in [0.5, 0.6) is 17.2 Å². The summed E-state index contributed by atoms with van der Waals surface area (Å²) in [4.78, 5) is 61.4. The van der Waals surface area contributed by atoms with Crippen LogP contribution in [0.2, 0.25) is 0 Å². The Morgan fingerprint density at radius 1 is 0.708 bits per heavy atom. The molecule has 1 atom stereocenters. The Kier molecular flexibility index (Phi) is 12.0. The Hall–Kier alpha value is -6.09. The zero-order valence-corrected chi connectivity index (χ0v) is 36.3. The summed E-state index contributed by atoms with van der Waals surface area (Å²) in [5, 5.41) is 2.73. The number of hydrogen-bond acceptors (Lipinski definition) is 13. The molecule has 9 rings (SSSR count). The van der Waals surface area contributed by atoms with Gasteiger partial charge >= 0.3 is 15.6 Å². The zero-order valence-electron chi connectivity index (χ0n) is 34.7. The number of hydrogen-bond donors (Lipinski definition) is 1. The first-order chi connectivity index (χ1) is 31.1. The molecule has 4 aliphatic heterocycles. The van der Waals surface area contributed by atoms with E-state index in [1.165, 1.54) is 24.3 Å². The Morgan fingerprint density at radius 3 is 1.94 bits per heavy atom. The molecular weight excluding hydrogens is 893 g/mol. The van der Waals surface area contributed by atoms with Gasteiger partial charge in [-0.2, -0.15) is 21.6 Å². The summed E-state index contributed by atoms with van der Waals surface area (Å²) < 4.78 is 87.3. The first-order valence-corrected chi connectivity index (χ1v) is 23.3. The molecule has 1 N–H and O–H groups in total. The van der Waals surface area contributed by atoms with Crippen LogP contribution in [0.25, 0.3) is 20.5 Å². The third kappa shape index (κ3) is 9.12. The normalized spacial score (nSPS) is 19.0. The lowest BCUT2D eigenvalue weighted by molar-refractivity contribution is -0.136. The molecule has 4 amide bonds. The number of piperidine rings is 1. The summed E-state index contributed by atoms with van der Waals surface area (Å²) in [6.07, 6.45) is 1.19. The number of fused-ring (bicyclic) bond motifs is 2. The Balaban J connectivity index is 0.752. The lowest BCUT2D eigenvalue weighted by Crippen LogP contribution is -2.54. The van der Waals surface area contributed by atoms with Crippen LogP contribution in [-0.2, 0) is 19.7 Å². The highest BCUT2D eigenvalue weighted by molar-refractivity contribution is 7.88. The standard InChI is InChI=1S/C45H42F4N6O8S2/c46-29-4-2-28(3-5-29)41-40(35-13-11-33(27-38(35)64-41)63-65(60,61)45(47,48)49)62-32-9-6-30(7-10-32)53-22-18-51(19-23-53)16-1-17-52-20-24-54(25-21-52)31-8-12-34-36(26-31)44(59)55(43(34)58)37-14-15-39(56)50-42(37)57/h2-13,26-27,37H,1,14-25H2,(H,50,56,57). The average molecular weight is 935 g/mol. The summed E-state index contributed by atoms with van der Waals surface area (Å²) >= 11 is 1.14. The number of ether oxygens (including phenoxy) is 1. The summed E-state index contributed by atoms with van der Waals surface area (Å²) in [5.74, 6) is -2.16. The topological polar surface area (TPSA) is 149 Å². The Morgan fingerprint density at radius 2 is 1.31 bits per heavy atom. The molecule has 0 saturated carbocycles. The number of carbonyl (C=O) groups is 4. The van der Waals surface area contributed by atoms with Crippen LogP contribution in [0, 0.1) is 5.82 Å². The van der Waals surface area contributed by atoms with Gasteiger partial charge in [-0.3, -0.25) is 39.2 Å². The number of amides is 4. The Bertz CT molecular complexity index is 2770. The van der Waals surface area contributed by atoms with Crippen molar-refractivity contribution in [3.63, 3.8) is 0 Å². The number of imide groups is 2. The summed E-state index contributed by atoms with van der Waals surface area (Å²) in [6, 6.07) is 21.2. The maximum Gasteiger partial charge on any atom is 0.534 e. The van der Waals surface area contributed by atoms with Gasteiger partial charge in [0.25, 0.3) is 11.8 Å². The van der Waals surface area contributed by atoms with Crippen LogP contribution in [0.3, 0.4) is 0 Å². The van der Waals surface area contributed by atoms with Gasteiger partial charge in [-0.1, -0.05) is 12.1 Å². The van der Waals surface area contributed by atoms with Crippen LogP contribution in [0.15, 0.2) is 84.9 Å². The van der Waals surface area contributed by atoms with Gasteiger partial charge in [-0.15, -0.1) is 11.3 Å². The third-order valence-corrected chi connectivity index (χ3v) is 14.3. The number of rotatable bonds is 12. The molecule has 340 valence electrons. The molecule has 5 aromatic rings. The van der Waals surface area contributed by atoms with Gasteiger partial charge in [0.2, 0.25) is 11.8 Å². The molecule has 1 aromatic heterocycles. The van der Waals surface area contributed by atoms with Crippen molar-refractivity contribution in [3.05, 3.63) is 102 Å². The smallest absolute Gasteiger partial charge is 0.455 e. The van der Waals surface area contributed by atoms with Crippen LogP contribution in [0.4, 0.5) is 28.9 Å². The second-order valence-corrected chi connectivity index (χ2v) is 18.8. The minimum atomic E-state index is -5.87. The van der Waals surface area contributed by atoms with E-state index in [0.717, 1.165) is 106 Å². The molecule has 4 aliphatic rings. The van der Waals surface area contributed by atoms with Gasteiger partial charge in [-0.25, -0.2) is 4.39 Å². The van der Waals surface area contributed by atoms with Crippen molar-refractivity contribution in [2.75, 3.05) is 75.2 Å². The molecule has 0 radical (unpaired) electrons. The van der Waals surface area contributed by atoms with Crippen LogP contribution in [0.1, 0.15) is 40.0 Å². The van der Waals surface area contributed by atoms with E-state index >= 15 is 0 Å². The quantitative estimate of drug-likeness (QED) is 0.0634. The summed E-state index contributed by atoms with van der Waals surface area (Å²) in [7, 11) is -5.87. The highest BCUT2D eigenvalue weighted by Gasteiger charge is 2.49. The first kappa shape index (κ1) is 44.1. The molecule has 0 spiro atoms. The van der Waals surface area contributed by atoms with Crippen LogP contribution >= 0.6 is 11.3 Å². The monoisotopic (exact) mass is 934 g/mol. The van der Waals surface area contributed by atoms with Crippen molar-refractivity contribution < 1.29 is 54.1 Å². The number of alkyl halides is 3. The third-order valence-electron chi connectivity index (χ3n) is 12.1. The van der Waals surface area contributed by atoms with E-state index in [2.05, 4.69) is 29.1 Å². The van der Waals surface area contributed by atoms with Crippen molar-refractivity contribution in [3.8, 4) is 27.7 Å². The molecule has 1 unspecified atom stereocenters. The SMILES string of the molecule is O=C1CCC(N2C(=O)c3ccc(N4CCN(CCCN5CCN(c6ccc(Oc7c(-c8ccc(F)cc8)sc8cc(OS(=O)(=O)C(F)(F)F)ccc78)cc6)CC5)CC4)cc3C2=O)C(=O)N1. The van der Waals surface area contributed by atoms with Gasteiger partial charge in [-0.05, 0) is 104 Å². The molecular formula is C45H42F4N6O8S2. The molecule has 0 aliphatic carbocycles. The van der Waals surface area contributed by atoms with Crippen molar-refractivity contribution >= 4 is 66.5 Å².